The maximum absolute atomic E-state index is 11.9. The molecule has 110 valence electrons. The minimum Gasteiger partial charge on any atom is -0.376 e. The predicted molar refractivity (Wildman–Crippen MR) is 77.5 cm³/mol. The number of carbonyl (C=O) groups excluding carboxylic acids is 1. The fourth-order valence-electron chi connectivity index (χ4n) is 2.02. The summed E-state index contributed by atoms with van der Waals surface area (Å²) in [5.74, 6) is 0.0543. The lowest BCUT2D eigenvalue weighted by Gasteiger charge is -2.27. The average molecular weight is 297 g/mol. The molecule has 7 heteroatoms. The number of carbonyl (C=O) groups is 1. The molecule has 20 heavy (non-hydrogen) atoms. The average Bonchev–Trinajstić information content (AvgIpc) is 2.45. The van der Waals surface area contributed by atoms with Crippen molar-refractivity contribution < 1.29 is 13.2 Å². The highest BCUT2D eigenvalue weighted by molar-refractivity contribution is 7.90. The van der Waals surface area contributed by atoms with Gasteiger partial charge in [0.15, 0.2) is 9.84 Å². The highest BCUT2D eigenvalue weighted by Gasteiger charge is 2.15. The summed E-state index contributed by atoms with van der Waals surface area (Å²) in [6, 6.07) is 6.41. The topological polar surface area (TPSA) is 78.5 Å². The Bertz CT molecular complexity index is 563. The minimum absolute atomic E-state index is 0.0543. The Balaban J connectivity index is 1.89. The van der Waals surface area contributed by atoms with Crippen LogP contribution in [0.4, 0.5) is 5.69 Å². The molecule has 1 aromatic rings. The lowest BCUT2D eigenvalue weighted by atomic mass is 10.3. The van der Waals surface area contributed by atoms with E-state index in [2.05, 4.69) is 10.6 Å². The number of nitrogens with zero attached hydrogens (tertiary/aromatic N) is 1. The van der Waals surface area contributed by atoms with Crippen molar-refractivity contribution in [2.45, 2.75) is 4.90 Å². The fraction of sp³-hybridized carbons (Fsp3) is 0.462. The number of nitrogens with one attached hydrogen (secondary N) is 2. The second-order valence-electron chi connectivity index (χ2n) is 4.78. The van der Waals surface area contributed by atoms with Gasteiger partial charge in [0.2, 0.25) is 5.91 Å². The van der Waals surface area contributed by atoms with E-state index < -0.39 is 9.84 Å². The van der Waals surface area contributed by atoms with E-state index in [0.29, 0.717) is 0 Å². The Labute approximate surface area is 119 Å². The SMILES string of the molecule is CS(=O)(=O)c1ccc(NCC(=O)N2CCNCC2)cc1. The number of amides is 1. The molecule has 1 aliphatic heterocycles. The van der Waals surface area contributed by atoms with Crippen molar-refractivity contribution >= 4 is 21.4 Å². The highest BCUT2D eigenvalue weighted by atomic mass is 32.2. The summed E-state index contributed by atoms with van der Waals surface area (Å²) in [4.78, 5) is 14.0. The smallest absolute Gasteiger partial charge is 0.241 e. The number of hydrogen-bond donors (Lipinski definition) is 2. The van der Waals surface area contributed by atoms with Gasteiger partial charge in [-0.05, 0) is 24.3 Å². The van der Waals surface area contributed by atoms with Gasteiger partial charge >= 0.3 is 0 Å². The zero-order chi connectivity index (χ0) is 14.6. The number of sulfone groups is 1. The molecule has 0 radical (unpaired) electrons. The van der Waals surface area contributed by atoms with Crippen molar-refractivity contribution in [3.8, 4) is 0 Å². The number of piperazine rings is 1. The molecule has 0 spiro atoms. The number of hydrogen-bond acceptors (Lipinski definition) is 5. The van der Waals surface area contributed by atoms with Crippen LogP contribution in [0.1, 0.15) is 0 Å². The maximum Gasteiger partial charge on any atom is 0.241 e. The molecule has 0 bridgehead atoms. The summed E-state index contributed by atoms with van der Waals surface area (Å²) in [5.41, 5.74) is 0.737. The Morgan fingerprint density at radius 2 is 1.85 bits per heavy atom. The molecular weight excluding hydrogens is 278 g/mol. The largest absolute Gasteiger partial charge is 0.376 e. The Morgan fingerprint density at radius 3 is 2.40 bits per heavy atom. The lowest BCUT2D eigenvalue weighted by molar-refractivity contribution is -0.129. The van der Waals surface area contributed by atoms with Gasteiger partial charge in [0.1, 0.15) is 0 Å². The zero-order valence-electron chi connectivity index (χ0n) is 11.4. The summed E-state index contributed by atoms with van der Waals surface area (Å²) < 4.78 is 22.7. The molecule has 0 atom stereocenters. The Kier molecular flexibility index (Phi) is 4.61. The maximum atomic E-state index is 11.9. The summed E-state index contributed by atoms with van der Waals surface area (Å²) in [6.45, 7) is 3.34. The van der Waals surface area contributed by atoms with E-state index in [1.807, 2.05) is 4.90 Å². The van der Waals surface area contributed by atoms with E-state index in [0.717, 1.165) is 31.9 Å². The fourth-order valence-corrected chi connectivity index (χ4v) is 2.65. The molecule has 0 saturated carbocycles. The second kappa shape index (κ2) is 6.23. The van der Waals surface area contributed by atoms with E-state index in [1.54, 1.807) is 12.1 Å². The number of benzene rings is 1. The van der Waals surface area contributed by atoms with Gasteiger partial charge in [0, 0.05) is 38.1 Å². The predicted octanol–water partition coefficient (Wildman–Crippen LogP) is -0.0662. The van der Waals surface area contributed by atoms with Gasteiger partial charge in [-0.1, -0.05) is 0 Å². The van der Waals surface area contributed by atoms with Gasteiger partial charge in [-0.25, -0.2) is 8.42 Å². The first-order valence-corrected chi connectivity index (χ1v) is 8.38. The van der Waals surface area contributed by atoms with Gasteiger partial charge in [-0.15, -0.1) is 0 Å². The summed E-state index contributed by atoms with van der Waals surface area (Å²) in [6.07, 6.45) is 1.17. The minimum atomic E-state index is -3.18. The first-order chi connectivity index (χ1) is 9.47. The van der Waals surface area contributed by atoms with Crippen molar-refractivity contribution in [2.75, 3.05) is 44.3 Å². The van der Waals surface area contributed by atoms with Crippen LogP contribution in [-0.4, -0.2) is 58.2 Å². The summed E-state index contributed by atoms with van der Waals surface area (Å²) >= 11 is 0. The third-order valence-corrected chi connectivity index (χ3v) is 4.32. The standard InChI is InChI=1S/C13H19N3O3S/c1-20(18,19)12-4-2-11(3-5-12)15-10-13(17)16-8-6-14-7-9-16/h2-5,14-15H,6-10H2,1H3. The van der Waals surface area contributed by atoms with E-state index in [9.17, 15) is 13.2 Å². The third kappa shape index (κ3) is 3.94. The van der Waals surface area contributed by atoms with Crippen LogP contribution in [0.25, 0.3) is 0 Å². The molecule has 1 amide bonds. The van der Waals surface area contributed by atoms with E-state index in [4.69, 9.17) is 0 Å². The number of rotatable bonds is 4. The molecule has 6 nitrogen and oxygen atoms in total. The van der Waals surface area contributed by atoms with Crippen LogP contribution in [0, 0.1) is 0 Å². The third-order valence-electron chi connectivity index (χ3n) is 3.20. The summed E-state index contributed by atoms with van der Waals surface area (Å²) in [7, 11) is -3.18. The van der Waals surface area contributed by atoms with Gasteiger partial charge < -0.3 is 15.5 Å². The Morgan fingerprint density at radius 1 is 1.25 bits per heavy atom. The monoisotopic (exact) mass is 297 g/mol. The quantitative estimate of drug-likeness (QED) is 0.813. The van der Waals surface area contributed by atoms with E-state index in [-0.39, 0.29) is 17.3 Å². The molecule has 1 heterocycles. The van der Waals surface area contributed by atoms with Gasteiger partial charge in [0.05, 0.1) is 11.4 Å². The van der Waals surface area contributed by atoms with Crippen molar-refractivity contribution in [1.29, 1.82) is 0 Å². The molecule has 0 aromatic heterocycles. The van der Waals surface area contributed by atoms with Crippen molar-refractivity contribution in [3.05, 3.63) is 24.3 Å². The molecule has 1 aliphatic rings. The van der Waals surface area contributed by atoms with Crippen LogP contribution in [0.5, 0.6) is 0 Å². The molecule has 1 aromatic carbocycles. The first kappa shape index (κ1) is 14.8. The molecule has 0 aliphatic carbocycles. The molecular formula is C13H19N3O3S. The van der Waals surface area contributed by atoms with Crippen LogP contribution in [0.15, 0.2) is 29.2 Å². The van der Waals surface area contributed by atoms with Crippen LogP contribution in [0.3, 0.4) is 0 Å². The van der Waals surface area contributed by atoms with Crippen LogP contribution < -0.4 is 10.6 Å². The summed E-state index contributed by atoms with van der Waals surface area (Å²) in [5, 5.41) is 6.21. The van der Waals surface area contributed by atoms with Crippen molar-refractivity contribution in [2.24, 2.45) is 0 Å². The van der Waals surface area contributed by atoms with Crippen LogP contribution in [0.2, 0.25) is 0 Å². The van der Waals surface area contributed by atoms with Crippen LogP contribution in [-0.2, 0) is 14.6 Å². The van der Waals surface area contributed by atoms with E-state index in [1.165, 1.54) is 18.4 Å². The molecule has 0 unspecified atom stereocenters. The van der Waals surface area contributed by atoms with Gasteiger partial charge in [-0.3, -0.25) is 4.79 Å². The van der Waals surface area contributed by atoms with Crippen LogP contribution >= 0.6 is 0 Å². The molecule has 1 saturated heterocycles. The molecule has 1 fully saturated rings. The highest BCUT2D eigenvalue weighted by Crippen LogP contribution is 2.13. The lowest BCUT2D eigenvalue weighted by Crippen LogP contribution is -2.48. The zero-order valence-corrected chi connectivity index (χ0v) is 12.2. The van der Waals surface area contributed by atoms with Gasteiger partial charge in [-0.2, -0.15) is 0 Å². The van der Waals surface area contributed by atoms with E-state index >= 15 is 0 Å². The first-order valence-electron chi connectivity index (χ1n) is 6.49. The van der Waals surface area contributed by atoms with Crippen molar-refractivity contribution in [1.82, 2.24) is 10.2 Å². The Hall–Kier alpha value is -1.60. The van der Waals surface area contributed by atoms with Crippen molar-refractivity contribution in [3.63, 3.8) is 0 Å². The molecule has 2 rings (SSSR count). The number of anilines is 1. The normalized spacial score (nSPS) is 15.9. The second-order valence-corrected chi connectivity index (χ2v) is 6.80. The van der Waals surface area contributed by atoms with Gasteiger partial charge in [0.25, 0.3) is 0 Å². The molecule has 2 N–H and O–H groups in total.